The highest BCUT2D eigenvalue weighted by molar-refractivity contribution is 6.03. The molecule has 1 aromatic carbocycles. The molecule has 1 aliphatic carbocycles. The molecule has 2 aliphatic rings. The van der Waals surface area contributed by atoms with E-state index < -0.39 is 5.92 Å². The number of nitrogens with zero attached hydrogens (tertiary/aromatic N) is 1. The number of Topliss-reactive ketones (excluding diaryl/α,β-unsaturated/α-hetero) is 1. The van der Waals surface area contributed by atoms with Gasteiger partial charge in [0.15, 0.2) is 5.78 Å². The van der Waals surface area contributed by atoms with Gasteiger partial charge in [-0.05, 0) is 43.0 Å². The molecule has 0 fully saturated rings. The highest BCUT2D eigenvalue weighted by Gasteiger charge is 2.39. The molecule has 1 atom stereocenters. The quantitative estimate of drug-likeness (QED) is 0.789. The first-order valence-electron chi connectivity index (χ1n) is 10.00. The maximum Gasteiger partial charge on any atom is 0.336 e. The van der Waals surface area contributed by atoms with Crippen LogP contribution in [0.3, 0.4) is 0 Å². The molecule has 2 heterocycles. The number of allylic oxidation sites excluding steroid dienone is 3. The van der Waals surface area contributed by atoms with Crippen LogP contribution >= 0.6 is 0 Å². The first-order valence-corrected chi connectivity index (χ1v) is 10.00. The summed E-state index contributed by atoms with van der Waals surface area (Å²) in [5.41, 5.74) is 4.90. The molecule has 2 aromatic rings. The second kappa shape index (κ2) is 8.43. The van der Waals surface area contributed by atoms with Crippen molar-refractivity contribution < 1.29 is 14.3 Å². The minimum absolute atomic E-state index is 0.0997. The first-order chi connectivity index (χ1) is 14.1. The van der Waals surface area contributed by atoms with Gasteiger partial charge >= 0.3 is 5.97 Å². The van der Waals surface area contributed by atoms with Crippen molar-refractivity contribution >= 4 is 11.8 Å². The molecule has 1 unspecified atom stereocenters. The zero-order valence-corrected chi connectivity index (χ0v) is 16.5. The van der Waals surface area contributed by atoms with Crippen LogP contribution in [0.5, 0.6) is 0 Å². The predicted octanol–water partition coefficient (Wildman–Crippen LogP) is 3.84. The zero-order chi connectivity index (χ0) is 20.2. The van der Waals surface area contributed by atoms with Crippen molar-refractivity contribution in [1.29, 1.82) is 0 Å². The molecule has 29 heavy (non-hydrogen) atoms. The minimum Gasteiger partial charge on any atom is -0.462 e. The van der Waals surface area contributed by atoms with E-state index in [0.717, 1.165) is 35.4 Å². The van der Waals surface area contributed by atoms with Gasteiger partial charge in [-0.3, -0.25) is 9.78 Å². The van der Waals surface area contributed by atoms with Gasteiger partial charge in [-0.15, -0.1) is 0 Å². The molecule has 0 spiro atoms. The van der Waals surface area contributed by atoms with Crippen molar-refractivity contribution in [3.8, 4) is 0 Å². The van der Waals surface area contributed by atoms with E-state index in [4.69, 9.17) is 4.74 Å². The Hall–Kier alpha value is -3.21. The van der Waals surface area contributed by atoms with Crippen molar-refractivity contribution in [2.45, 2.75) is 38.5 Å². The molecule has 1 aliphatic heterocycles. The van der Waals surface area contributed by atoms with E-state index in [1.165, 1.54) is 0 Å². The number of dihydropyridines is 1. The Morgan fingerprint density at radius 1 is 1.14 bits per heavy atom. The van der Waals surface area contributed by atoms with Crippen LogP contribution in [0.25, 0.3) is 0 Å². The molecule has 5 nitrogen and oxygen atoms in total. The van der Waals surface area contributed by atoms with E-state index in [-0.39, 0.29) is 11.8 Å². The molecule has 0 saturated heterocycles. The summed E-state index contributed by atoms with van der Waals surface area (Å²) in [4.78, 5) is 30.0. The second-order valence-corrected chi connectivity index (χ2v) is 7.42. The number of hydrogen-bond donors (Lipinski definition) is 1. The van der Waals surface area contributed by atoms with Crippen LogP contribution < -0.4 is 5.32 Å². The smallest absolute Gasteiger partial charge is 0.336 e. The third-order valence-corrected chi connectivity index (χ3v) is 5.50. The monoisotopic (exact) mass is 388 g/mol. The fraction of sp³-hybridized carbons (Fsp3) is 0.292. The SMILES string of the molecule is CC1=C(C(=O)OCCc2ccccc2)C(c2ccncc2)C2=C(CCCC2=O)N1. The number of benzene rings is 1. The topological polar surface area (TPSA) is 68.3 Å². The standard InChI is InChI=1S/C24H24N2O3/c1-16-21(24(28)29-15-12-17-6-3-2-4-7-17)22(18-10-13-25-14-11-18)23-19(26-16)8-5-9-20(23)27/h2-4,6-7,10-11,13-14,22,26H,5,8-9,12,15H2,1H3. The number of hydrogen-bond acceptors (Lipinski definition) is 5. The lowest BCUT2D eigenvalue weighted by atomic mass is 9.75. The van der Waals surface area contributed by atoms with E-state index in [1.54, 1.807) is 12.4 Å². The molecular formula is C24H24N2O3. The van der Waals surface area contributed by atoms with Crippen molar-refractivity contribution in [3.63, 3.8) is 0 Å². The average molecular weight is 388 g/mol. The lowest BCUT2D eigenvalue weighted by molar-refractivity contribution is -0.139. The molecule has 1 aromatic heterocycles. The summed E-state index contributed by atoms with van der Waals surface area (Å²) in [6, 6.07) is 13.7. The number of nitrogens with one attached hydrogen (secondary N) is 1. The van der Waals surface area contributed by atoms with Gasteiger partial charge in [0, 0.05) is 48.1 Å². The number of ketones is 1. The Balaban J connectivity index is 1.61. The van der Waals surface area contributed by atoms with Crippen molar-refractivity contribution in [1.82, 2.24) is 10.3 Å². The molecular weight excluding hydrogens is 364 g/mol. The maximum absolute atomic E-state index is 13.1. The Bertz CT molecular complexity index is 978. The maximum atomic E-state index is 13.1. The van der Waals surface area contributed by atoms with Crippen molar-refractivity contribution in [2.75, 3.05) is 6.61 Å². The summed E-state index contributed by atoms with van der Waals surface area (Å²) >= 11 is 0. The highest BCUT2D eigenvalue weighted by atomic mass is 16.5. The molecule has 4 rings (SSSR count). The number of rotatable bonds is 5. The summed E-state index contributed by atoms with van der Waals surface area (Å²) in [6.07, 6.45) is 6.20. The largest absolute Gasteiger partial charge is 0.462 e. The van der Waals surface area contributed by atoms with Crippen molar-refractivity contribution in [2.24, 2.45) is 0 Å². The van der Waals surface area contributed by atoms with Crippen LogP contribution in [-0.2, 0) is 20.7 Å². The highest BCUT2D eigenvalue weighted by Crippen LogP contribution is 2.42. The average Bonchev–Trinajstić information content (AvgIpc) is 2.74. The van der Waals surface area contributed by atoms with E-state index in [2.05, 4.69) is 10.3 Å². The Morgan fingerprint density at radius 2 is 1.90 bits per heavy atom. The summed E-state index contributed by atoms with van der Waals surface area (Å²) in [6.45, 7) is 2.17. The summed E-state index contributed by atoms with van der Waals surface area (Å²) < 4.78 is 5.64. The van der Waals surface area contributed by atoms with E-state index in [9.17, 15) is 9.59 Å². The van der Waals surface area contributed by atoms with E-state index >= 15 is 0 Å². The number of ether oxygens (including phenoxy) is 1. The van der Waals surface area contributed by atoms with E-state index in [1.807, 2.05) is 49.4 Å². The van der Waals surface area contributed by atoms with Crippen LogP contribution in [0.1, 0.15) is 43.2 Å². The van der Waals surface area contributed by atoms with Gasteiger partial charge in [-0.1, -0.05) is 30.3 Å². The van der Waals surface area contributed by atoms with Crippen molar-refractivity contribution in [3.05, 3.63) is 88.5 Å². The predicted molar refractivity (Wildman–Crippen MR) is 110 cm³/mol. The van der Waals surface area contributed by atoms with Crippen LogP contribution in [0, 0.1) is 0 Å². The third-order valence-electron chi connectivity index (χ3n) is 5.50. The van der Waals surface area contributed by atoms with Crippen LogP contribution in [0.2, 0.25) is 0 Å². The van der Waals surface area contributed by atoms with Gasteiger partial charge in [0.1, 0.15) is 0 Å². The lowest BCUT2D eigenvalue weighted by Gasteiger charge is -2.34. The number of aromatic nitrogens is 1. The zero-order valence-electron chi connectivity index (χ0n) is 16.5. The Labute approximate surface area is 170 Å². The summed E-state index contributed by atoms with van der Waals surface area (Å²) in [7, 11) is 0. The van der Waals surface area contributed by atoms with Gasteiger partial charge < -0.3 is 10.1 Å². The first kappa shape index (κ1) is 19.1. The van der Waals surface area contributed by atoms with Crippen LogP contribution in [0.4, 0.5) is 0 Å². The van der Waals surface area contributed by atoms with Gasteiger partial charge in [-0.2, -0.15) is 0 Å². The molecule has 0 saturated carbocycles. The Kier molecular flexibility index (Phi) is 5.56. The van der Waals surface area contributed by atoms with Gasteiger partial charge in [-0.25, -0.2) is 4.79 Å². The normalized spacial score (nSPS) is 18.9. The van der Waals surface area contributed by atoms with Gasteiger partial charge in [0.2, 0.25) is 0 Å². The summed E-state index contributed by atoms with van der Waals surface area (Å²) in [5.74, 6) is -0.688. The number of esters is 1. The third kappa shape index (κ3) is 3.99. The Morgan fingerprint density at radius 3 is 2.66 bits per heavy atom. The van der Waals surface area contributed by atoms with Crippen LogP contribution in [-0.4, -0.2) is 23.3 Å². The number of carbonyl (C=O) groups excluding carboxylic acids is 2. The summed E-state index contributed by atoms with van der Waals surface area (Å²) in [5, 5.41) is 3.31. The van der Waals surface area contributed by atoms with Gasteiger partial charge in [0.05, 0.1) is 12.2 Å². The molecule has 0 amide bonds. The number of pyridine rings is 1. The minimum atomic E-state index is -0.411. The second-order valence-electron chi connectivity index (χ2n) is 7.42. The van der Waals surface area contributed by atoms with Crippen LogP contribution in [0.15, 0.2) is 77.4 Å². The van der Waals surface area contributed by atoms with Gasteiger partial charge in [0.25, 0.3) is 0 Å². The number of carbonyl (C=O) groups is 2. The molecule has 1 N–H and O–H groups in total. The molecule has 0 radical (unpaired) electrons. The molecule has 148 valence electrons. The fourth-order valence-corrected chi connectivity index (χ4v) is 4.13. The lowest BCUT2D eigenvalue weighted by Crippen LogP contribution is -2.34. The molecule has 0 bridgehead atoms. The fourth-order valence-electron chi connectivity index (χ4n) is 4.13. The van der Waals surface area contributed by atoms with E-state index in [0.29, 0.717) is 30.6 Å². The molecule has 5 heteroatoms.